The molecule has 2 rings (SSSR count). The summed E-state index contributed by atoms with van der Waals surface area (Å²) in [5, 5.41) is 4.18. The zero-order valence-electron chi connectivity index (χ0n) is 9.20. The van der Waals surface area contributed by atoms with Crippen molar-refractivity contribution in [3.8, 4) is 0 Å². The molecule has 1 unspecified atom stereocenters. The van der Waals surface area contributed by atoms with E-state index in [-0.39, 0.29) is 18.9 Å². The number of sulfonamides is 1. The molecule has 8 heteroatoms. The summed E-state index contributed by atoms with van der Waals surface area (Å²) in [4.78, 5) is 20.9. The fraction of sp³-hybridized carbons (Fsp3) is 0.444. The van der Waals surface area contributed by atoms with Crippen molar-refractivity contribution < 1.29 is 13.2 Å². The van der Waals surface area contributed by atoms with E-state index in [0.717, 1.165) is 0 Å². The molecule has 1 aromatic rings. The molecule has 1 atom stereocenters. The molecule has 2 heterocycles. The molecular weight excluding hydrogens is 244 g/mol. The summed E-state index contributed by atoms with van der Waals surface area (Å²) < 4.78 is 22.4. The highest BCUT2D eigenvalue weighted by atomic mass is 32.2. The number of amides is 1. The second kappa shape index (κ2) is 4.04. The lowest BCUT2D eigenvalue weighted by Crippen LogP contribution is -2.32. The standard InChI is InChI=1S/C9H12N4O3S/c1-6-11-3-7(4-12-6)13-5-8(2-9(13)14)17(10,15)16/h3-4,8H,2,5H2,1H3,(H2,10,15,16). The van der Waals surface area contributed by atoms with E-state index in [9.17, 15) is 13.2 Å². The molecule has 1 amide bonds. The van der Waals surface area contributed by atoms with Crippen molar-refractivity contribution in [2.75, 3.05) is 11.4 Å². The molecule has 1 aliphatic rings. The zero-order chi connectivity index (χ0) is 12.6. The average Bonchev–Trinajstić information content (AvgIpc) is 2.61. The van der Waals surface area contributed by atoms with Gasteiger partial charge in [-0.2, -0.15) is 0 Å². The summed E-state index contributed by atoms with van der Waals surface area (Å²) in [6, 6.07) is 0. The second-order valence-corrected chi connectivity index (χ2v) is 5.75. The van der Waals surface area contributed by atoms with E-state index in [2.05, 4.69) is 9.97 Å². The van der Waals surface area contributed by atoms with Crippen LogP contribution in [0.25, 0.3) is 0 Å². The molecule has 1 aromatic heterocycles. The van der Waals surface area contributed by atoms with Gasteiger partial charge in [-0.15, -0.1) is 0 Å². The molecule has 92 valence electrons. The maximum absolute atomic E-state index is 11.7. The highest BCUT2D eigenvalue weighted by Crippen LogP contribution is 2.22. The lowest BCUT2D eigenvalue weighted by molar-refractivity contribution is -0.117. The highest BCUT2D eigenvalue weighted by Gasteiger charge is 2.37. The third-order valence-electron chi connectivity index (χ3n) is 2.63. The van der Waals surface area contributed by atoms with Gasteiger partial charge in [0.05, 0.1) is 18.1 Å². The smallest absolute Gasteiger partial charge is 0.228 e. The van der Waals surface area contributed by atoms with E-state index in [1.165, 1.54) is 17.3 Å². The van der Waals surface area contributed by atoms with Crippen molar-refractivity contribution in [2.24, 2.45) is 5.14 Å². The van der Waals surface area contributed by atoms with Gasteiger partial charge < -0.3 is 4.90 Å². The number of nitrogens with two attached hydrogens (primary N) is 1. The molecule has 2 N–H and O–H groups in total. The summed E-state index contributed by atoms with van der Waals surface area (Å²) in [6.45, 7) is 1.78. The summed E-state index contributed by atoms with van der Waals surface area (Å²) in [7, 11) is -3.69. The summed E-state index contributed by atoms with van der Waals surface area (Å²) in [5.74, 6) is 0.305. The monoisotopic (exact) mass is 256 g/mol. The van der Waals surface area contributed by atoms with Gasteiger partial charge in [0.25, 0.3) is 0 Å². The highest BCUT2D eigenvalue weighted by molar-refractivity contribution is 7.89. The Labute approximate surface area is 98.7 Å². The van der Waals surface area contributed by atoms with E-state index in [1.54, 1.807) is 6.92 Å². The maximum Gasteiger partial charge on any atom is 0.228 e. The maximum atomic E-state index is 11.7. The molecule has 1 saturated heterocycles. The Morgan fingerprint density at radius 1 is 1.41 bits per heavy atom. The largest absolute Gasteiger partial charge is 0.308 e. The van der Waals surface area contributed by atoms with Crippen molar-refractivity contribution in [1.29, 1.82) is 0 Å². The Morgan fingerprint density at radius 2 is 2.00 bits per heavy atom. The molecule has 0 aliphatic carbocycles. The fourth-order valence-electron chi connectivity index (χ4n) is 1.67. The molecule has 1 fully saturated rings. The fourth-order valence-corrected chi connectivity index (χ4v) is 2.40. The average molecular weight is 256 g/mol. The van der Waals surface area contributed by atoms with Crippen LogP contribution >= 0.6 is 0 Å². The van der Waals surface area contributed by atoms with Crippen LogP contribution < -0.4 is 10.0 Å². The van der Waals surface area contributed by atoms with Crippen molar-refractivity contribution in [3.63, 3.8) is 0 Å². The molecule has 0 aromatic carbocycles. The van der Waals surface area contributed by atoms with Crippen molar-refractivity contribution >= 4 is 21.6 Å². The number of nitrogens with zero attached hydrogens (tertiary/aromatic N) is 3. The molecule has 1 aliphatic heterocycles. The predicted molar refractivity (Wildman–Crippen MR) is 60.6 cm³/mol. The minimum absolute atomic E-state index is 0.0596. The lowest BCUT2D eigenvalue weighted by Gasteiger charge is -2.15. The Kier molecular flexibility index (Phi) is 2.84. The van der Waals surface area contributed by atoms with E-state index in [1.807, 2.05) is 0 Å². The van der Waals surface area contributed by atoms with Gasteiger partial charge in [0.15, 0.2) is 0 Å². The third-order valence-corrected chi connectivity index (χ3v) is 3.88. The number of hydrogen-bond acceptors (Lipinski definition) is 5. The molecule has 0 bridgehead atoms. The number of anilines is 1. The van der Waals surface area contributed by atoms with Crippen molar-refractivity contribution in [3.05, 3.63) is 18.2 Å². The lowest BCUT2D eigenvalue weighted by atomic mass is 10.4. The first-order valence-electron chi connectivity index (χ1n) is 4.98. The summed E-state index contributed by atoms with van der Waals surface area (Å²) in [6.07, 6.45) is 2.89. The van der Waals surface area contributed by atoms with Gasteiger partial charge >= 0.3 is 0 Å². The minimum Gasteiger partial charge on any atom is -0.308 e. The van der Waals surface area contributed by atoms with E-state index >= 15 is 0 Å². The Hall–Kier alpha value is -1.54. The molecule has 7 nitrogen and oxygen atoms in total. The van der Waals surface area contributed by atoms with Crippen LogP contribution in [0.1, 0.15) is 12.2 Å². The topological polar surface area (TPSA) is 106 Å². The second-order valence-electron chi connectivity index (χ2n) is 3.91. The summed E-state index contributed by atoms with van der Waals surface area (Å²) >= 11 is 0. The van der Waals surface area contributed by atoms with E-state index in [0.29, 0.717) is 11.5 Å². The van der Waals surface area contributed by atoms with Crippen LogP contribution in [0.2, 0.25) is 0 Å². The Bertz CT molecular complexity index is 540. The number of rotatable bonds is 2. The number of carbonyl (C=O) groups excluding carboxylic acids is 1. The van der Waals surface area contributed by atoms with Gasteiger partial charge in [0.1, 0.15) is 11.1 Å². The number of carbonyl (C=O) groups is 1. The number of primary sulfonamides is 1. The quantitative estimate of drug-likeness (QED) is 0.744. The molecule has 0 saturated carbocycles. The minimum atomic E-state index is -3.69. The molecular formula is C9H12N4O3S. The normalized spacial score (nSPS) is 20.9. The van der Waals surface area contributed by atoms with Gasteiger partial charge in [-0.3, -0.25) is 4.79 Å². The Morgan fingerprint density at radius 3 is 2.47 bits per heavy atom. The predicted octanol–water partition coefficient (Wildman–Crippen LogP) is -0.821. The van der Waals surface area contributed by atoms with E-state index in [4.69, 9.17) is 5.14 Å². The first-order chi connectivity index (χ1) is 7.88. The number of hydrogen-bond donors (Lipinski definition) is 1. The molecule has 0 radical (unpaired) electrons. The first-order valence-corrected chi connectivity index (χ1v) is 6.59. The van der Waals surface area contributed by atoms with Crippen LogP contribution in [-0.4, -0.2) is 36.1 Å². The van der Waals surface area contributed by atoms with Gasteiger partial charge in [-0.25, -0.2) is 23.5 Å². The number of aromatic nitrogens is 2. The van der Waals surface area contributed by atoms with Gasteiger partial charge in [0, 0.05) is 13.0 Å². The van der Waals surface area contributed by atoms with Crippen LogP contribution in [0.15, 0.2) is 12.4 Å². The van der Waals surface area contributed by atoms with Crippen molar-refractivity contribution in [1.82, 2.24) is 9.97 Å². The Balaban J connectivity index is 2.24. The number of aryl methyl sites for hydroxylation is 1. The van der Waals surface area contributed by atoms with Crippen LogP contribution in [0.3, 0.4) is 0 Å². The van der Waals surface area contributed by atoms with E-state index < -0.39 is 15.3 Å². The summed E-state index contributed by atoms with van der Waals surface area (Å²) in [5.41, 5.74) is 0.492. The van der Waals surface area contributed by atoms with Crippen LogP contribution in [0.4, 0.5) is 5.69 Å². The van der Waals surface area contributed by atoms with Crippen LogP contribution in [0.5, 0.6) is 0 Å². The van der Waals surface area contributed by atoms with Crippen LogP contribution in [-0.2, 0) is 14.8 Å². The molecule has 0 spiro atoms. The zero-order valence-corrected chi connectivity index (χ0v) is 10.0. The van der Waals surface area contributed by atoms with Crippen LogP contribution in [0, 0.1) is 6.92 Å². The third kappa shape index (κ3) is 2.42. The van der Waals surface area contributed by atoms with Crippen molar-refractivity contribution in [2.45, 2.75) is 18.6 Å². The SMILES string of the molecule is Cc1ncc(N2CC(S(N)(=O)=O)CC2=O)cn1. The first kappa shape index (κ1) is 11.9. The van der Waals surface area contributed by atoms with Gasteiger partial charge in [0.2, 0.25) is 15.9 Å². The molecule has 17 heavy (non-hydrogen) atoms. The van der Waals surface area contributed by atoms with Gasteiger partial charge in [-0.1, -0.05) is 0 Å². The van der Waals surface area contributed by atoms with Gasteiger partial charge in [-0.05, 0) is 6.92 Å².